The van der Waals surface area contributed by atoms with Gasteiger partial charge in [0.05, 0.1) is 13.2 Å². The Balaban J connectivity index is 1.52. The lowest BCUT2D eigenvalue weighted by atomic mass is 9.98. The van der Waals surface area contributed by atoms with Crippen LogP contribution in [0.4, 0.5) is 0 Å². The number of nitrogens with zero attached hydrogens (tertiary/aromatic N) is 1. The molecule has 2 aromatic rings. The van der Waals surface area contributed by atoms with Gasteiger partial charge in [-0.05, 0) is 42.7 Å². The van der Waals surface area contributed by atoms with Gasteiger partial charge in [0.15, 0.2) is 5.78 Å². The summed E-state index contributed by atoms with van der Waals surface area (Å²) < 4.78 is 11.4. The fourth-order valence-corrected chi connectivity index (χ4v) is 3.87. The van der Waals surface area contributed by atoms with Gasteiger partial charge in [0.2, 0.25) is 0 Å². The molecule has 0 unspecified atom stereocenters. The Hall–Kier alpha value is -1.88. The number of morpholine rings is 1. The lowest BCUT2D eigenvalue weighted by Crippen LogP contribution is -2.38. The molecule has 1 fully saturated rings. The molecule has 0 spiro atoms. The summed E-state index contributed by atoms with van der Waals surface area (Å²) in [5, 5.41) is 0.671. The number of rotatable bonds is 4. The normalized spacial score (nSPS) is 17.3. The number of ether oxygens (including phenoxy) is 2. The first-order valence-corrected chi connectivity index (χ1v) is 9.48. The van der Waals surface area contributed by atoms with Crippen molar-refractivity contribution in [2.45, 2.75) is 12.8 Å². The van der Waals surface area contributed by atoms with Gasteiger partial charge in [-0.15, -0.1) is 0 Å². The van der Waals surface area contributed by atoms with Crippen LogP contribution in [-0.2, 0) is 17.6 Å². The molecule has 1 aliphatic carbocycles. The number of carbonyl (C=O) groups excluding carboxylic acids is 1. The molecule has 0 amide bonds. The zero-order valence-electron chi connectivity index (χ0n) is 14.7. The number of hydrogen-bond donors (Lipinski definition) is 0. The van der Waals surface area contributed by atoms with Gasteiger partial charge in [0.1, 0.15) is 12.4 Å². The van der Waals surface area contributed by atoms with Gasteiger partial charge >= 0.3 is 0 Å². The topological polar surface area (TPSA) is 38.8 Å². The maximum Gasteiger partial charge on any atom is 0.193 e. The minimum Gasteiger partial charge on any atom is -0.492 e. The van der Waals surface area contributed by atoms with Gasteiger partial charge < -0.3 is 9.47 Å². The van der Waals surface area contributed by atoms with Crippen molar-refractivity contribution in [2.75, 3.05) is 39.5 Å². The highest BCUT2D eigenvalue weighted by Gasteiger charge is 2.23. The van der Waals surface area contributed by atoms with Crippen molar-refractivity contribution < 1.29 is 14.3 Å². The van der Waals surface area contributed by atoms with Crippen LogP contribution in [0.15, 0.2) is 36.4 Å². The lowest BCUT2D eigenvalue weighted by molar-refractivity contribution is 0.0322. The Morgan fingerprint density at radius 2 is 1.92 bits per heavy atom. The second kappa shape index (κ2) is 7.78. The molecule has 136 valence electrons. The van der Waals surface area contributed by atoms with Crippen LogP contribution in [0.5, 0.6) is 5.75 Å². The second-order valence-corrected chi connectivity index (χ2v) is 7.15. The monoisotopic (exact) mass is 371 g/mol. The van der Waals surface area contributed by atoms with Crippen molar-refractivity contribution in [2.24, 2.45) is 0 Å². The second-order valence-electron chi connectivity index (χ2n) is 6.72. The first-order valence-electron chi connectivity index (χ1n) is 9.10. The standard InChI is InChI=1S/C21H22ClNO3/c22-16-5-7-17-15(14-16)4-6-18-19(21(17)24)2-1-3-20(18)26-13-10-23-8-11-25-12-9-23/h1-3,5,7,14H,4,6,8-13H2. The van der Waals surface area contributed by atoms with Crippen molar-refractivity contribution in [1.82, 2.24) is 4.90 Å². The molecule has 2 aromatic carbocycles. The van der Waals surface area contributed by atoms with Crippen LogP contribution in [0.1, 0.15) is 27.0 Å². The molecule has 4 nitrogen and oxygen atoms in total. The molecule has 4 rings (SSSR count). The van der Waals surface area contributed by atoms with Crippen molar-refractivity contribution in [3.63, 3.8) is 0 Å². The predicted octanol–water partition coefficient (Wildman–Crippen LogP) is 3.38. The quantitative estimate of drug-likeness (QED) is 0.826. The van der Waals surface area contributed by atoms with E-state index in [1.165, 1.54) is 0 Å². The zero-order chi connectivity index (χ0) is 17.9. The first-order chi connectivity index (χ1) is 12.7. The van der Waals surface area contributed by atoms with Gasteiger partial charge in [-0.3, -0.25) is 9.69 Å². The molecule has 0 atom stereocenters. The maximum absolute atomic E-state index is 13.0. The number of halogens is 1. The Labute approximate surface area is 158 Å². The van der Waals surface area contributed by atoms with E-state index < -0.39 is 0 Å². The van der Waals surface area contributed by atoms with Crippen LogP contribution < -0.4 is 4.74 Å². The molecule has 0 saturated carbocycles. The lowest BCUT2D eigenvalue weighted by Gasteiger charge is -2.26. The highest BCUT2D eigenvalue weighted by molar-refractivity contribution is 6.30. The average molecular weight is 372 g/mol. The number of ketones is 1. The van der Waals surface area contributed by atoms with Crippen molar-refractivity contribution in [3.05, 3.63) is 63.7 Å². The fourth-order valence-electron chi connectivity index (χ4n) is 3.68. The Kier molecular flexibility index (Phi) is 5.25. The van der Waals surface area contributed by atoms with Crippen LogP contribution in [-0.4, -0.2) is 50.1 Å². The highest BCUT2D eigenvalue weighted by Crippen LogP contribution is 2.31. The zero-order valence-corrected chi connectivity index (χ0v) is 15.4. The summed E-state index contributed by atoms with van der Waals surface area (Å²) in [5.74, 6) is 0.880. The van der Waals surface area contributed by atoms with E-state index >= 15 is 0 Å². The van der Waals surface area contributed by atoms with Crippen LogP contribution in [0.3, 0.4) is 0 Å². The number of benzene rings is 2. The molecule has 0 aromatic heterocycles. The Morgan fingerprint density at radius 1 is 1.08 bits per heavy atom. The highest BCUT2D eigenvalue weighted by atomic mass is 35.5. The average Bonchev–Trinajstić information content (AvgIpc) is 2.80. The minimum atomic E-state index is 0.0581. The van der Waals surface area contributed by atoms with Crippen molar-refractivity contribution in [1.29, 1.82) is 0 Å². The van der Waals surface area contributed by atoms with E-state index in [4.69, 9.17) is 21.1 Å². The Bertz CT molecular complexity index is 815. The summed E-state index contributed by atoms with van der Waals surface area (Å²) in [4.78, 5) is 15.3. The molecular formula is C21H22ClNO3. The smallest absolute Gasteiger partial charge is 0.193 e. The molecule has 1 heterocycles. The van der Waals surface area contributed by atoms with Crippen LogP contribution >= 0.6 is 11.6 Å². The summed E-state index contributed by atoms with van der Waals surface area (Å²) in [6.45, 7) is 4.96. The molecule has 0 bridgehead atoms. The van der Waals surface area contributed by atoms with Crippen molar-refractivity contribution in [3.8, 4) is 5.75 Å². The minimum absolute atomic E-state index is 0.0581. The molecule has 1 saturated heterocycles. The fraction of sp³-hybridized carbons (Fsp3) is 0.381. The molecule has 26 heavy (non-hydrogen) atoms. The summed E-state index contributed by atoms with van der Waals surface area (Å²) in [6.07, 6.45) is 1.57. The third-order valence-electron chi connectivity index (χ3n) is 5.10. The van der Waals surface area contributed by atoms with Crippen molar-refractivity contribution >= 4 is 17.4 Å². The van der Waals surface area contributed by atoms with E-state index in [9.17, 15) is 4.79 Å². The number of carbonyl (C=O) groups is 1. The largest absolute Gasteiger partial charge is 0.492 e. The van der Waals surface area contributed by atoms with Gasteiger partial charge in [0.25, 0.3) is 0 Å². The van der Waals surface area contributed by atoms with Crippen LogP contribution in [0.2, 0.25) is 5.02 Å². The maximum atomic E-state index is 13.0. The van der Waals surface area contributed by atoms with Crippen LogP contribution in [0, 0.1) is 0 Å². The third-order valence-corrected chi connectivity index (χ3v) is 5.34. The molecular weight excluding hydrogens is 350 g/mol. The van der Waals surface area contributed by atoms with Gasteiger partial charge in [-0.25, -0.2) is 0 Å². The summed E-state index contributed by atoms with van der Waals surface area (Å²) in [6, 6.07) is 11.3. The van der Waals surface area contributed by atoms with E-state index in [1.54, 1.807) is 6.07 Å². The molecule has 0 N–H and O–H groups in total. The Morgan fingerprint density at radius 3 is 2.77 bits per heavy atom. The van der Waals surface area contributed by atoms with Gasteiger partial charge in [-0.2, -0.15) is 0 Å². The summed E-state index contributed by atoms with van der Waals surface area (Å²) in [5.41, 5.74) is 3.51. The van der Waals surface area contributed by atoms with E-state index in [1.807, 2.05) is 30.3 Å². The molecule has 5 heteroatoms. The van der Waals surface area contributed by atoms with E-state index in [-0.39, 0.29) is 5.78 Å². The number of fused-ring (bicyclic) bond motifs is 2. The summed E-state index contributed by atoms with van der Waals surface area (Å²) >= 11 is 6.11. The molecule has 1 aliphatic heterocycles. The van der Waals surface area contributed by atoms with E-state index in [2.05, 4.69) is 4.90 Å². The van der Waals surface area contributed by atoms with Gasteiger partial charge in [0, 0.05) is 41.3 Å². The molecule has 0 radical (unpaired) electrons. The van der Waals surface area contributed by atoms with E-state index in [0.29, 0.717) is 11.6 Å². The first kappa shape index (κ1) is 17.5. The SMILES string of the molecule is O=C1c2ccc(Cl)cc2CCc2c(OCCN3CCOCC3)cccc21. The molecule has 2 aliphatic rings. The third kappa shape index (κ3) is 3.63. The predicted molar refractivity (Wildman–Crippen MR) is 101 cm³/mol. The van der Waals surface area contributed by atoms with Gasteiger partial charge in [-0.1, -0.05) is 23.7 Å². The number of aryl methyl sites for hydroxylation is 1. The van der Waals surface area contributed by atoms with Crippen LogP contribution in [0.25, 0.3) is 0 Å². The number of hydrogen-bond acceptors (Lipinski definition) is 4. The summed E-state index contributed by atoms with van der Waals surface area (Å²) in [7, 11) is 0. The van der Waals surface area contributed by atoms with E-state index in [0.717, 1.165) is 73.7 Å².